The average Bonchev–Trinajstić information content (AvgIpc) is 2.86. The Hall–Kier alpha value is -1.43. The maximum atomic E-state index is 10.4. The van der Waals surface area contributed by atoms with Crippen molar-refractivity contribution in [2.24, 2.45) is 0 Å². The lowest BCUT2D eigenvalue weighted by Crippen LogP contribution is -2.02. The van der Waals surface area contributed by atoms with Crippen LogP contribution in [0, 0.1) is 0 Å². The van der Waals surface area contributed by atoms with Gasteiger partial charge in [-0.05, 0) is 17.7 Å². The second-order valence-corrected chi connectivity index (χ2v) is 5.78. The Labute approximate surface area is 129 Å². The van der Waals surface area contributed by atoms with Crippen LogP contribution in [0.3, 0.4) is 0 Å². The molecular formula is C14H11BrClN3O. The number of halogens is 2. The van der Waals surface area contributed by atoms with Crippen LogP contribution in [0.15, 0.2) is 47.5 Å². The first-order valence-corrected chi connectivity index (χ1v) is 7.21. The lowest BCUT2D eigenvalue weighted by Gasteiger charge is -2.11. The van der Waals surface area contributed by atoms with E-state index in [9.17, 15) is 5.11 Å². The van der Waals surface area contributed by atoms with Gasteiger partial charge in [0.1, 0.15) is 0 Å². The molecule has 0 fully saturated rings. The zero-order valence-electron chi connectivity index (χ0n) is 10.4. The van der Waals surface area contributed by atoms with E-state index in [1.54, 1.807) is 29.3 Å². The van der Waals surface area contributed by atoms with Gasteiger partial charge < -0.3 is 5.11 Å². The Morgan fingerprint density at radius 2 is 2.20 bits per heavy atom. The highest BCUT2D eigenvalue weighted by Crippen LogP contribution is 2.27. The summed E-state index contributed by atoms with van der Waals surface area (Å²) in [5, 5.41) is 15.2. The van der Waals surface area contributed by atoms with E-state index < -0.39 is 6.10 Å². The van der Waals surface area contributed by atoms with Crippen molar-refractivity contribution < 1.29 is 5.11 Å². The minimum Gasteiger partial charge on any atom is -0.388 e. The summed E-state index contributed by atoms with van der Waals surface area (Å²) in [5.74, 6) is 0. The van der Waals surface area contributed by atoms with Crippen LogP contribution < -0.4 is 0 Å². The zero-order valence-corrected chi connectivity index (χ0v) is 12.7. The van der Waals surface area contributed by atoms with E-state index in [1.165, 1.54) is 0 Å². The molecule has 1 unspecified atom stereocenters. The van der Waals surface area contributed by atoms with E-state index in [-0.39, 0.29) is 0 Å². The Bertz CT molecular complexity index is 759. The van der Waals surface area contributed by atoms with Crippen LogP contribution in [-0.2, 0) is 6.42 Å². The highest BCUT2D eigenvalue weighted by atomic mass is 79.9. The number of benzene rings is 1. The van der Waals surface area contributed by atoms with Gasteiger partial charge in [-0.1, -0.05) is 33.6 Å². The summed E-state index contributed by atoms with van der Waals surface area (Å²) in [6.07, 6.45) is 6.52. The molecule has 0 bridgehead atoms. The maximum absolute atomic E-state index is 10.4. The van der Waals surface area contributed by atoms with Gasteiger partial charge in [-0.3, -0.25) is 4.98 Å². The van der Waals surface area contributed by atoms with Crippen LogP contribution in [0.2, 0.25) is 5.02 Å². The van der Waals surface area contributed by atoms with Crippen molar-refractivity contribution in [3.05, 3.63) is 63.6 Å². The monoisotopic (exact) mass is 351 g/mol. The van der Waals surface area contributed by atoms with Crippen LogP contribution in [0.5, 0.6) is 0 Å². The second-order valence-electron chi connectivity index (χ2n) is 4.46. The van der Waals surface area contributed by atoms with Gasteiger partial charge in [-0.15, -0.1) is 0 Å². The molecule has 0 radical (unpaired) electrons. The molecule has 0 aliphatic carbocycles. The molecule has 3 aromatic rings. The quantitative estimate of drug-likeness (QED) is 0.786. The fourth-order valence-electron chi connectivity index (χ4n) is 2.11. The predicted octanol–water partition coefficient (Wildman–Crippen LogP) is 3.42. The number of fused-ring (bicyclic) bond motifs is 1. The van der Waals surface area contributed by atoms with Crippen molar-refractivity contribution in [3.8, 4) is 0 Å². The first kappa shape index (κ1) is 13.5. The molecule has 4 nitrogen and oxygen atoms in total. The van der Waals surface area contributed by atoms with Crippen molar-refractivity contribution >= 4 is 33.0 Å². The van der Waals surface area contributed by atoms with Crippen LogP contribution in [-0.4, -0.2) is 19.7 Å². The van der Waals surface area contributed by atoms with Gasteiger partial charge in [-0.2, -0.15) is 5.10 Å². The van der Waals surface area contributed by atoms with Crippen molar-refractivity contribution in [2.75, 3.05) is 0 Å². The lowest BCUT2D eigenvalue weighted by molar-refractivity contribution is 0.180. The van der Waals surface area contributed by atoms with Crippen LogP contribution in [0.4, 0.5) is 0 Å². The van der Waals surface area contributed by atoms with E-state index >= 15 is 0 Å². The third-order valence-electron chi connectivity index (χ3n) is 3.14. The molecule has 0 aliphatic rings. The Kier molecular flexibility index (Phi) is 3.74. The number of hydrogen-bond acceptors (Lipinski definition) is 3. The fourth-order valence-corrected chi connectivity index (χ4v) is 2.87. The van der Waals surface area contributed by atoms with Crippen molar-refractivity contribution in [2.45, 2.75) is 12.5 Å². The normalized spacial score (nSPS) is 12.8. The Morgan fingerprint density at radius 1 is 1.35 bits per heavy atom. The molecule has 20 heavy (non-hydrogen) atoms. The maximum Gasteiger partial charge on any atom is 0.0903 e. The number of aromatic nitrogens is 3. The number of aliphatic hydroxyl groups is 1. The van der Waals surface area contributed by atoms with E-state index in [4.69, 9.17) is 11.6 Å². The summed E-state index contributed by atoms with van der Waals surface area (Å²) in [6.45, 7) is 0. The first-order valence-electron chi connectivity index (χ1n) is 6.04. The molecule has 3 rings (SSSR count). The highest BCUT2D eigenvalue weighted by molar-refractivity contribution is 9.10. The summed E-state index contributed by atoms with van der Waals surface area (Å²) in [5.41, 5.74) is 2.44. The average molecular weight is 353 g/mol. The minimum atomic E-state index is -0.671. The Morgan fingerprint density at radius 3 is 3.00 bits per heavy atom. The molecule has 1 N–H and O–H groups in total. The van der Waals surface area contributed by atoms with Gasteiger partial charge in [0.25, 0.3) is 0 Å². The molecule has 0 spiro atoms. The molecule has 6 heteroatoms. The van der Waals surface area contributed by atoms with E-state index in [1.807, 2.05) is 18.2 Å². The van der Waals surface area contributed by atoms with Crippen molar-refractivity contribution in [1.82, 2.24) is 14.6 Å². The summed E-state index contributed by atoms with van der Waals surface area (Å²) in [6, 6.07) is 5.63. The Balaban J connectivity index is 1.91. The predicted molar refractivity (Wildman–Crippen MR) is 80.8 cm³/mol. The number of aliphatic hydroxyl groups excluding tert-OH is 1. The molecule has 102 valence electrons. The van der Waals surface area contributed by atoms with Crippen LogP contribution >= 0.6 is 27.5 Å². The zero-order chi connectivity index (χ0) is 14.1. The van der Waals surface area contributed by atoms with Gasteiger partial charge >= 0.3 is 0 Å². The molecule has 2 aromatic heterocycles. The minimum absolute atomic E-state index is 0.433. The molecule has 1 aromatic carbocycles. The number of hydrogen-bond donors (Lipinski definition) is 1. The van der Waals surface area contributed by atoms with E-state index in [0.717, 1.165) is 21.1 Å². The van der Waals surface area contributed by atoms with Crippen LogP contribution in [0.1, 0.15) is 17.2 Å². The summed E-state index contributed by atoms with van der Waals surface area (Å²) < 4.78 is 2.61. The summed E-state index contributed by atoms with van der Waals surface area (Å²) >= 11 is 9.54. The van der Waals surface area contributed by atoms with Crippen molar-refractivity contribution in [3.63, 3.8) is 0 Å². The SMILES string of the molecule is OC(Cc1ccc(Br)cc1Cl)c1cnn2ccncc12. The van der Waals surface area contributed by atoms with E-state index in [2.05, 4.69) is 26.0 Å². The number of rotatable bonds is 3. The third kappa shape index (κ3) is 2.57. The smallest absolute Gasteiger partial charge is 0.0903 e. The largest absolute Gasteiger partial charge is 0.388 e. The summed E-state index contributed by atoms with van der Waals surface area (Å²) in [4.78, 5) is 4.06. The molecule has 0 amide bonds. The first-order chi connectivity index (χ1) is 9.65. The molecule has 0 saturated heterocycles. The van der Waals surface area contributed by atoms with Crippen LogP contribution in [0.25, 0.3) is 5.52 Å². The lowest BCUT2D eigenvalue weighted by atomic mass is 10.0. The summed E-state index contributed by atoms with van der Waals surface area (Å²) in [7, 11) is 0. The van der Waals surface area contributed by atoms with Gasteiger partial charge in [0.15, 0.2) is 0 Å². The molecular weight excluding hydrogens is 342 g/mol. The fraction of sp³-hybridized carbons (Fsp3) is 0.143. The standard InChI is InChI=1S/C14H11BrClN3O/c15-10-2-1-9(12(16)6-10)5-14(20)11-7-18-19-4-3-17-8-13(11)19/h1-4,6-8,14,20H,5H2. The highest BCUT2D eigenvalue weighted by Gasteiger charge is 2.15. The number of nitrogens with zero attached hydrogens (tertiary/aromatic N) is 3. The topological polar surface area (TPSA) is 50.4 Å². The van der Waals surface area contributed by atoms with E-state index in [0.29, 0.717) is 11.4 Å². The van der Waals surface area contributed by atoms with Crippen molar-refractivity contribution in [1.29, 1.82) is 0 Å². The molecule has 1 atom stereocenters. The van der Waals surface area contributed by atoms with Gasteiger partial charge in [0, 0.05) is 33.9 Å². The third-order valence-corrected chi connectivity index (χ3v) is 3.99. The second kappa shape index (κ2) is 5.52. The van der Waals surface area contributed by atoms with Gasteiger partial charge in [0.05, 0.1) is 24.0 Å². The van der Waals surface area contributed by atoms with Gasteiger partial charge in [0.2, 0.25) is 0 Å². The molecule has 0 saturated carbocycles. The molecule has 0 aliphatic heterocycles. The molecule has 2 heterocycles. The van der Waals surface area contributed by atoms with Gasteiger partial charge in [-0.25, -0.2) is 4.52 Å².